The molecule has 0 bridgehead atoms. The topological polar surface area (TPSA) is 90.7 Å². The van der Waals surface area contributed by atoms with Crippen molar-refractivity contribution in [2.45, 2.75) is 32.6 Å². The Balaban J connectivity index is 2.00. The third-order valence-corrected chi connectivity index (χ3v) is 5.70. The lowest BCUT2D eigenvalue weighted by atomic mass is 10.1. The van der Waals surface area contributed by atoms with Crippen LogP contribution in [0.25, 0.3) is 11.3 Å². The molecule has 0 spiro atoms. The summed E-state index contributed by atoms with van der Waals surface area (Å²) in [5, 5.41) is 3.86. The maximum absolute atomic E-state index is 13.2. The minimum atomic E-state index is -3.89. The number of nitrogens with zero attached hydrogens (tertiary/aromatic N) is 1. The van der Waals surface area contributed by atoms with Crippen LogP contribution >= 0.6 is 0 Å². The molecular formula is C21H24N2O5S. The quantitative estimate of drug-likeness (QED) is 0.579. The van der Waals surface area contributed by atoms with Crippen LogP contribution in [0.15, 0.2) is 51.9 Å². The first-order valence-electron chi connectivity index (χ1n) is 9.31. The normalized spacial score (nSPS) is 11.3. The molecule has 1 heterocycles. The highest BCUT2D eigenvalue weighted by atomic mass is 32.2. The Labute approximate surface area is 170 Å². The van der Waals surface area contributed by atoms with Crippen molar-refractivity contribution < 1.29 is 22.4 Å². The van der Waals surface area contributed by atoms with Gasteiger partial charge in [-0.25, -0.2) is 8.42 Å². The lowest BCUT2D eigenvalue weighted by molar-refractivity contribution is 0.332. The molecule has 0 fully saturated rings. The molecule has 3 rings (SSSR count). The van der Waals surface area contributed by atoms with Gasteiger partial charge in [-0.3, -0.25) is 4.72 Å². The molecule has 0 radical (unpaired) electrons. The van der Waals surface area contributed by atoms with Gasteiger partial charge in [0, 0.05) is 17.7 Å². The Hall–Kier alpha value is -3.00. The first-order valence-corrected chi connectivity index (χ1v) is 10.8. The van der Waals surface area contributed by atoms with Gasteiger partial charge in [-0.1, -0.05) is 17.3 Å². The van der Waals surface area contributed by atoms with Gasteiger partial charge in [-0.2, -0.15) is 0 Å². The number of nitrogens with one attached hydrogen (secondary N) is 1. The molecule has 3 aromatic rings. The summed E-state index contributed by atoms with van der Waals surface area (Å²) in [6.07, 6.45) is 0. The Morgan fingerprint density at radius 1 is 1.00 bits per heavy atom. The van der Waals surface area contributed by atoms with Crippen LogP contribution in [-0.2, 0) is 10.0 Å². The second-order valence-electron chi connectivity index (χ2n) is 6.44. The van der Waals surface area contributed by atoms with Gasteiger partial charge < -0.3 is 14.0 Å². The number of ether oxygens (including phenoxy) is 2. The first kappa shape index (κ1) is 20.7. The van der Waals surface area contributed by atoms with Crippen molar-refractivity contribution in [2.24, 2.45) is 0 Å². The van der Waals surface area contributed by atoms with Crippen molar-refractivity contribution in [3.8, 4) is 22.8 Å². The summed E-state index contributed by atoms with van der Waals surface area (Å²) < 4.78 is 45.3. The van der Waals surface area contributed by atoms with Crippen LogP contribution in [0.4, 0.5) is 5.69 Å². The van der Waals surface area contributed by atoms with E-state index in [0.29, 0.717) is 47.3 Å². The molecular weight excluding hydrogens is 392 g/mol. The monoisotopic (exact) mass is 416 g/mol. The number of benzene rings is 2. The molecule has 0 unspecified atom stereocenters. The zero-order chi connectivity index (χ0) is 21.0. The first-order chi connectivity index (χ1) is 13.8. The van der Waals surface area contributed by atoms with Gasteiger partial charge in [-0.15, -0.1) is 0 Å². The minimum absolute atomic E-state index is 0.147. The Morgan fingerprint density at radius 3 is 2.41 bits per heavy atom. The van der Waals surface area contributed by atoms with Gasteiger partial charge in [0.15, 0.2) is 5.76 Å². The fourth-order valence-corrected chi connectivity index (χ4v) is 4.20. The van der Waals surface area contributed by atoms with Crippen molar-refractivity contribution in [1.82, 2.24) is 5.16 Å². The number of aryl methyl sites for hydroxylation is 2. The van der Waals surface area contributed by atoms with E-state index in [9.17, 15) is 8.42 Å². The molecule has 0 amide bonds. The highest BCUT2D eigenvalue weighted by molar-refractivity contribution is 7.92. The van der Waals surface area contributed by atoms with Crippen LogP contribution in [0.2, 0.25) is 0 Å². The lowest BCUT2D eigenvalue weighted by Crippen LogP contribution is -2.15. The Kier molecular flexibility index (Phi) is 6.12. The molecule has 7 nitrogen and oxygen atoms in total. The number of hydrogen-bond acceptors (Lipinski definition) is 6. The van der Waals surface area contributed by atoms with Crippen molar-refractivity contribution in [3.63, 3.8) is 0 Å². The molecule has 1 N–H and O–H groups in total. The molecule has 0 atom stereocenters. The average molecular weight is 416 g/mol. The number of hydrogen-bond donors (Lipinski definition) is 1. The highest BCUT2D eigenvalue weighted by Crippen LogP contribution is 2.33. The zero-order valence-electron chi connectivity index (χ0n) is 16.9. The molecule has 8 heteroatoms. The summed E-state index contributed by atoms with van der Waals surface area (Å²) in [6.45, 7) is 8.12. The van der Waals surface area contributed by atoms with Gasteiger partial charge in [-0.05, 0) is 51.5 Å². The van der Waals surface area contributed by atoms with E-state index in [2.05, 4.69) is 9.88 Å². The number of sulfonamides is 1. The van der Waals surface area contributed by atoms with Gasteiger partial charge in [0.1, 0.15) is 11.5 Å². The van der Waals surface area contributed by atoms with Crippen LogP contribution < -0.4 is 14.2 Å². The van der Waals surface area contributed by atoms with E-state index in [4.69, 9.17) is 14.0 Å². The van der Waals surface area contributed by atoms with Gasteiger partial charge in [0.2, 0.25) is 0 Å². The zero-order valence-corrected chi connectivity index (χ0v) is 17.7. The summed E-state index contributed by atoms with van der Waals surface area (Å²) >= 11 is 0. The third-order valence-electron chi connectivity index (χ3n) is 4.20. The second-order valence-corrected chi connectivity index (χ2v) is 8.09. The van der Waals surface area contributed by atoms with Crippen LogP contribution in [0.3, 0.4) is 0 Å². The molecule has 29 heavy (non-hydrogen) atoms. The fourth-order valence-electron chi connectivity index (χ4n) is 2.87. The van der Waals surface area contributed by atoms with Crippen molar-refractivity contribution in [3.05, 3.63) is 53.7 Å². The molecule has 0 aliphatic carbocycles. The van der Waals surface area contributed by atoms with Gasteiger partial charge in [0.05, 0.1) is 29.5 Å². The molecule has 0 saturated heterocycles. The summed E-state index contributed by atoms with van der Waals surface area (Å²) in [4.78, 5) is 0.147. The van der Waals surface area contributed by atoms with E-state index in [1.165, 1.54) is 0 Å². The summed E-state index contributed by atoms with van der Waals surface area (Å²) in [6, 6.07) is 11.9. The predicted molar refractivity (Wildman–Crippen MR) is 111 cm³/mol. The molecule has 154 valence electrons. The number of anilines is 1. The van der Waals surface area contributed by atoms with Crippen molar-refractivity contribution >= 4 is 15.7 Å². The van der Waals surface area contributed by atoms with Crippen molar-refractivity contribution in [1.29, 1.82) is 0 Å². The van der Waals surface area contributed by atoms with Crippen LogP contribution in [0, 0.1) is 13.8 Å². The predicted octanol–water partition coefficient (Wildman–Crippen LogP) is 4.56. The highest BCUT2D eigenvalue weighted by Gasteiger charge is 2.21. The molecule has 1 aromatic heterocycles. The fraction of sp³-hybridized carbons (Fsp3) is 0.286. The van der Waals surface area contributed by atoms with Crippen LogP contribution in [0.1, 0.15) is 25.1 Å². The van der Waals surface area contributed by atoms with E-state index in [1.807, 2.05) is 13.8 Å². The van der Waals surface area contributed by atoms with Gasteiger partial charge >= 0.3 is 0 Å². The average Bonchev–Trinajstić information content (AvgIpc) is 3.10. The molecule has 0 aliphatic rings. The Bertz CT molecular complexity index is 1110. The van der Waals surface area contributed by atoms with Crippen molar-refractivity contribution in [2.75, 3.05) is 17.9 Å². The standard InChI is InChI=1S/C21H24N2O5S/c1-5-26-17-9-10-19(27-6-2)18(13-17)23-29(24,25)21-12-16(8-7-14(21)3)20-11-15(4)22-28-20/h7-13,23H,5-6H2,1-4H3. The second kappa shape index (κ2) is 8.57. The molecule has 0 saturated carbocycles. The third kappa shape index (κ3) is 4.71. The smallest absolute Gasteiger partial charge is 0.262 e. The van der Waals surface area contributed by atoms with E-state index in [1.54, 1.807) is 56.3 Å². The SMILES string of the molecule is CCOc1ccc(OCC)c(NS(=O)(=O)c2cc(-c3cc(C)no3)ccc2C)c1. The summed E-state index contributed by atoms with van der Waals surface area (Å²) in [5.41, 5.74) is 2.27. The maximum atomic E-state index is 13.2. The molecule has 2 aromatic carbocycles. The van der Waals surface area contributed by atoms with Crippen LogP contribution in [-0.4, -0.2) is 26.8 Å². The number of aromatic nitrogens is 1. The minimum Gasteiger partial charge on any atom is -0.494 e. The summed E-state index contributed by atoms with van der Waals surface area (Å²) in [5.74, 6) is 1.49. The lowest BCUT2D eigenvalue weighted by Gasteiger charge is -2.16. The largest absolute Gasteiger partial charge is 0.494 e. The summed E-state index contributed by atoms with van der Waals surface area (Å²) in [7, 11) is -3.89. The van der Waals surface area contributed by atoms with Gasteiger partial charge in [0.25, 0.3) is 10.0 Å². The maximum Gasteiger partial charge on any atom is 0.262 e. The van der Waals surface area contributed by atoms with E-state index < -0.39 is 10.0 Å². The van der Waals surface area contributed by atoms with Crippen LogP contribution in [0.5, 0.6) is 11.5 Å². The molecule has 0 aliphatic heterocycles. The number of rotatable bonds is 8. The Morgan fingerprint density at radius 2 is 1.76 bits per heavy atom. The van der Waals surface area contributed by atoms with E-state index >= 15 is 0 Å². The van der Waals surface area contributed by atoms with E-state index in [0.717, 1.165) is 5.69 Å². The van der Waals surface area contributed by atoms with E-state index in [-0.39, 0.29) is 4.90 Å².